The molecule has 0 aliphatic heterocycles. The number of carbonyl (C=O) groups excluding carboxylic acids is 1. The summed E-state index contributed by atoms with van der Waals surface area (Å²) in [4.78, 5) is 13.4. The number of ether oxygens (including phenoxy) is 1. The molecule has 164 valence electrons. The van der Waals surface area contributed by atoms with Crippen LogP contribution in [-0.4, -0.2) is 25.7 Å². The summed E-state index contributed by atoms with van der Waals surface area (Å²) >= 11 is 1.49. The number of rotatable bonds is 7. The van der Waals surface area contributed by atoms with E-state index in [2.05, 4.69) is 20.6 Å². The van der Waals surface area contributed by atoms with Crippen LogP contribution in [0.4, 0.5) is 5.69 Å². The van der Waals surface area contributed by atoms with E-state index in [9.17, 15) is 4.79 Å². The molecule has 8 heteroatoms. The van der Waals surface area contributed by atoms with Crippen LogP contribution in [0.3, 0.4) is 0 Å². The van der Waals surface area contributed by atoms with Gasteiger partial charge < -0.3 is 10.1 Å². The van der Waals surface area contributed by atoms with Crippen molar-refractivity contribution in [2.75, 3.05) is 5.32 Å². The van der Waals surface area contributed by atoms with Gasteiger partial charge in [-0.15, -0.1) is 10.2 Å². The maximum Gasteiger partial charge on any atom is 0.255 e. The van der Waals surface area contributed by atoms with Gasteiger partial charge >= 0.3 is 0 Å². The van der Waals surface area contributed by atoms with Crippen molar-refractivity contribution in [2.45, 2.75) is 20.0 Å². The van der Waals surface area contributed by atoms with E-state index >= 15 is 0 Å². The molecular formula is C25H21N5O2S. The molecule has 0 aliphatic rings. The molecule has 2 aromatic heterocycles. The van der Waals surface area contributed by atoms with E-state index < -0.39 is 0 Å². The number of aromatic nitrogens is 4. The fourth-order valence-electron chi connectivity index (χ4n) is 3.34. The standard InChI is InChI=1S/C25H21N5O2S/c1-2-22-27-28-25-30(22)29-24(33-25)19-8-12-20(13-9-19)26-23(31)18-10-14-21(15-11-18)32-16-17-6-4-3-5-7-17/h3-15H,2,16H2,1H3,(H,26,31). The van der Waals surface area contributed by atoms with Crippen LogP contribution >= 0.6 is 11.3 Å². The Kier molecular flexibility index (Phi) is 5.82. The molecule has 0 fully saturated rings. The molecule has 1 amide bonds. The first-order valence-electron chi connectivity index (χ1n) is 10.6. The molecule has 0 aliphatic carbocycles. The molecule has 0 bridgehead atoms. The summed E-state index contributed by atoms with van der Waals surface area (Å²) in [6.45, 7) is 2.51. The summed E-state index contributed by atoms with van der Waals surface area (Å²) in [6.07, 6.45) is 0.773. The Balaban J connectivity index is 1.21. The van der Waals surface area contributed by atoms with Gasteiger partial charge in [-0.3, -0.25) is 4.79 Å². The number of amides is 1. The van der Waals surface area contributed by atoms with Crippen LogP contribution in [0.1, 0.15) is 28.7 Å². The Hall–Kier alpha value is -4.04. The molecule has 2 heterocycles. The molecular weight excluding hydrogens is 434 g/mol. The zero-order valence-electron chi connectivity index (χ0n) is 17.9. The van der Waals surface area contributed by atoms with Crippen molar-refractivity contribution in [3.05, 3.63) is 95.8 Å². The number of anilines is 1. The lowest BCUT2D eigenvalue weighted by atomic mass is 10.2. The largest absolute Gasteiger partial charge is 0.489 e. The minimum absolute atomic E-state index is 0.177. The van der Waals surface area contributed by atoms with Crippen LogP contribution in [0.25, 0.3) is 15.5 Å². The quantitative estimate of drug-likeness (QED) is 0.363. The maximum atomic E-state index is 12.6. The molecule has 3 aromatic carbocycles. The highest BCUT2D eigenvalue weighted by molar-refractivity contribution is 7.19. The smallest absolute Gasteiger partial charge is 0.255 e. The van der Waals surface area contributed by atoms with Gasteiger partial charge in [0, 0.05) is 23.2 Å². The Morgan fingerprint density at radius 1 is 0.970 bits per heavy atom. The Bertz CT molecular complexity index is 1380. The fraction of sp³-hybridized carbons (Fsp3) is 0.120. The van der Waals surface area contributed by atoms with Gasteiger partial charge in [0.1, 0.15) is 17.4 Å². The van der Waals surface area contributed by atoms with Crippen LogP contribution in [0.2, 0.25) is 0 Å². The molecule has 1 N–H and O–H groups in total. The van der Waals surface area contributed by atoms with Gasteiger partial charge in [-0.1, -0.05) is 48.6 Å². The summed E-state index contributed by atoms with van der Waals surface area (Å²) in [6, 6.07) is 24.7. The van der Waals surface area contributed by atoms with Crippen molar-refractivity contribution in [1.29, 1.82) is 0 Å². The van der Waals surface area contributed by atoms with Crippen LogP contribution < -0.4 is 10.1 Å². The molecule has 0 saturated heterocycles. The van der Waals surface area contributed by atoms with Gasteiger partial charge in [0.15, 0.2) is 5.82 Å². The molecule has 5 rings (SSSR count). The van der Waals surface area contributed by atoms with E-state index in [0.717, 1.165) is 39.1 Å². The predicted octanol–water partition coefficient (Wildman–Crippen LogP) is 5.25. The van der Waals surface area contributed by atoms with Crippen LogP contribution in [-0.2, 0) is 13.0 Å². The Morgan fingerprint density at radius 3 is 2.45 bits per heavy atom. The highest BCUT2D eigenvalue weighted by Gasteiger charge is 2.12. The van der Waals surface area contributed by atoms with Crippen LogP contribution in [0.15, 0.2) is 78.9 Å². The van der Waals surface area contributed by atoms with Crippen molar-refractivity contribution in [3.63, 3.8) is 0 Å². The molecule has 0 saturated carbocycles. The van der Waals surface area contributed by atoms with Crippen molar-refractivity contribution < 1.29 is 9.53 Å². The Labute approximate surface area is 194 Å². The fourth-order valence-corrected chi connectivity index (χ4v) is 4.20. The summed E-state index contributed by atoms with van der Waals surface area (Å²) in [5.74, 6) is 1.38. The van der Waals surface area contributed by atoms with Crippen molar-refractivity contribution >= 4 is 27.9 Å². The SMILES string of the molecule is CCc1nnc2sc(-c3ccc(NC(=O)c4ccc(OCc5ccccc5)cc4)cc3)nn12. The average molecular weight is 456 g/mol. The van der Waals surface area contributed by atoms with E-state index in [1.54, 1.807) is 28.8 Å². The van der Waals surface area contributed by atoms with E-state index in [0.29, 0.717) is 17.9 Å². The highest BCUT2D eigenvalue weighted by atomic mass is 32.1. The molecule has 0 unspecified atom stereocenters. The number of carbonyl (C=O) groups is 1. The highest BCUT2D eigenvalue weighted by Crippen LogP contribution is 2.27. The van der Waals surface area contributed by atoms with Gasteiger partial charge in [0.2, 0.25) is 4.96 Å². The first-order chi connectivity index (χ1) is 16.2. The van der Waals surface area contributed by atoms with Crippen molar-refractivity contribution in [1.82, 2.24) is 19.8 Å². The van der Waals surface area contributed by atoms with Crippen LogP contribution in [0, 0.1) is 0 Å². The zero-order valence-corrected chi connectivity index (χ0v) is 18.7. The summed E-state index contributed by atoms with van der Waals surface area (Å²) in [5, 5.41) is 16.7. The molecule has 0 spiro atoms. The molecule has 33 heavy (non-hydrogen) atoms. The van der Waals surface area contributed by atoms with E-state index in [1.807, 2.05) is 61.5 Å². The predicted molar refractivity (Wildman–Crippen MR) is 129 cm³/mol. The average Bonchev–Trinajstić information content (AvgIpc) is 3.45. The van der Waals surface area contributed by atoms with E-state index in [4.69, 9.17) is 4.74 Å². The third kappa shape index (κ3) is 4.61. The topological polar surface area (TPSA) is 81.4 Å². The van der Waals surface area contributed by atoms with Crippen molar-refractivity contribution in [3.8, 4) is 16.3 Å². The number of hydrogen-bond donors (Lipinski definition) is 1. The summed E-state index contributed by atoms with van der Waals surface area (Å²) in [5.41, 5.74) is 3.33. The van der Waals surface area contributed by atoms with Gasteiger partial charge in [0.05, 0.1) is 0 Å². The normalized spacial score (nSPS) is 10.9. The zero-order chi connectivity index (χ0) is 22.6. The first-order valence-corrected chi connectivity index (χ1v) is 11.4. The van der Waals surface area contributed by atoms with Gasteiger partial charge in [-0.05, 0) is 54.1 Å². The molecule has 7 nitrogen and oxygen atoms in total. The van der Waals surface area contributed by atoms with E-state index in [1.165, 1.54) is 11.3 Å². The number of nitrogens with one attached hydrogen (secondary N) is 1. The molecule has 0 radical (unpaired) electrons. The first kappa shape index (κ1) is 20.8. The van der Waals surface area contributed by atoms with Gasteiger partial charge in [-0.2, -0.15) is 9.61 Å². The Morgan fingerprint density at radius 2 is 1.73 bits per heavy atom. The minimum atomic E-state index is -0.177. The van der Waals surface area contributed by atoms with Crippen molar-refractivity contribution in [2.24, 2.45) is 0 Å². The van der Waals surface area contributed by atoms with Crippen LogP contribution in [0.5, 0.6) is 5.75 Å². The second-order valence-corrected chi connectivity index (χ2v) is 8.36. The third-order valence-electron chi connectivity index (χ3n) is 5.13. The second-order valence-electron chi connectivity index (χ2n) is 7.40. The summed E-state index contributed by atoms with van der Waals surface area (Å²) < 4.78 is 7.56. The number of fused-ring (bicyclic) bond motifs is 1. The number of hydrogen-bond acceptors (Lipinski definition) is 6. The third-order valence-corrected chi connectivity index (χ3v) is 6.07. The maximum absolute atomic E-state index is 12.6. The number of benzene rings is 3. The molecule has 0 atom stereocenters. The minimum Gasteiger partial charge on any atom is -0.489 e. The number of nitrogens with zero attached hydrogens (tertiary/aromatic N) is 4. The lowest BCUT2D eigenvalue weighted by molar-refractivity contribution is 0.102. The lowest BCUT2D eigenvalue weighted by Crippen LogP contribution is -2.11. The molecule has 5 aromatic rings. The second kappa shape index (κ2) is 9.22. The summed E-state index contributed by atoms with van der Waals surface area (Å²) in [7, 11) is 0. The number of aryl methyl sites for hydroxylation is 1. The van der Waals surface area contributed by atoms with Gasteiger partial charge in [0.25, 0.3) is 5.91 Å². The monoisotopic (exact) mass is 455 g/mol. The van der Waals surface area contributed by atoms with Gasteiger partial charge in [-0.25, -0.2) is 0 Å². The van der Waals surface area contributed by atoms with E-state index in [-0.39, 0.29) is 5.91 Å². The lowest BCUT2D eigenvalue weighted by Gasteiger charge is -2.08.